The Morgan fingerprint density at radius 3 is 2.73 bits per heavy atom. The Kier molecular flexibility index (Phi) is 4.66. The maximum atomic E-state index is 12.7. The Labute approximate surface area is 96.0 Å². The minimum absolute atomic E-state index is 0.509. The van der Waals surface area contributed by atoms with E-state index in [1.54, 1.807) is 10.9 Å². The van der Waals surface area contributed by atoms with Gasteiger partial charge in [0.1, 0.15) is 6.04 Å². The molecule has 1 unspecified atom stereocenters. The smallest absolute Gasteiger partial charge is 0.259 e. The van der Waals surface area contributed by atoms with Gasteiger partial charge in [-0.3, -0.25) is 4.68 Å². The summed E-state index contributed by atoms with van der Waals surface area (Å²) in [6.07, 6.45) is -0.0306. The summed E-state index contributed by atoms with van der Waals surface area (Å²) in [5.41, 5.74) is 0.509. The second-order valence-electron chi connectivity index (χ2n) is 3.20. The fourth-order valence-electron chi connectivity index (χ4n) is 1.45. The van der Waals surface area contributed by atoms with Crippen molar-refractivity contribution in [1.82, 2.24) is 15.1 Å². The third-order valence-corrected chi connectivity index (χ3v) is 2.74. The zero-order valence-corrected chi connectivity index (χ0v) is 10.3. The SMILES string of the molecule is CCCn1ncc(Br)c1C(NC)C(F)F. The third kappa shape index (κ3) is 2.75. The van der Waals surface area contributed by atoms with Crippen LogP contribution in [-0.4, -0.2) is 23.3 Å². The number of nitrogens with one attached hydrogen (secondary N) is 1. The normalized spacial score (nSPS) is 13.5. The van der Waals surface area contributed by atoms with E-state index in [1.807, 2.05) is 6.92 Å². The van der Waals surface area contributed by atoms with Crippen molar-refractivity contribution >= 4 is 15.9 Å². The lowest BCUT2D eigenvalue weighted by atomic mass is 10.2. The number of hydrogen-bond acceptors (Lipinski definition) is 2. The second kappa shape index (κ2) is 5.55. The number of alkyl halides is 2. The lowest BCUT2D eigenvalue weighted by Gasteiger charge is -2.17. The molecule has 6 heteroatoms. The van der Waals surface area contributed by atoms with Crippen molar-refractivity contribution in [2.24, 2.45) is 0 Å². The number of aryl methyl sites for hydroxylation is 1. The van der Waals surface area contributed by atoms with Gasteiger partial charge in [0.2, 0.25) is 0 Å². The fourth-order valence-corrected chi connectivity index (χ4v) is 2.00. The molecule has 0 aliphatic rings. The summed E-state index contributed by atoms with van der Waals surface area (Å²) in [6, 6.07) is -0.978. The molecule has 0 bridgehead atoms. The van der Waals surface area contributed by atoms with Gasteiger partial charge in [-0.1, -0.05) is 6.92 Å². The first kappa shape index (κ1) is 12.6. The predicted molar refractivity (Wildman–Crippen MR) is 58.0 cm³/mol. The number of rotatable bonds is 5. The molecule has 0 saturated carbocycles. The minimum Gasteiger partial charge on any atom is -0.307 e. The zero-order valence-electron chi connectivity index (χ0n) is 8.67. The molecule has 86 valence electrons. The van der Waals surface area contributed by atoms with Crippen molar-refractivity contribution in [3.8, 4) is 0 Å². The van der Waals surface area contributed by atoms with Gasteiger partial charge < -0.3 is 5.32 Å². The van der Waals surface area contributed by atoms with E-state index in [0.29, 0.717) is 16.7 Å². The molecule has 1 atom stereocenters. The van der Waals surface area contributed by atoms with E-state index in [2.05, 4.69) is 26.3 Å². The van der Waals surface area contributed by atoms with Crippen LogP contribution in [0.25, 0.3) is 0 Å². The highest BCUT2D eigenvalue weighted by Crippen LogP contribution is 2.27. The van der Waals surface area contributed by atoms with Gasteiger partial charge in [0.25, 0.3) is 6.43 Å². The Morgan fingerprint density at radius 1 is 1.60 bits per heavy atom. The third-order valence-electron chi connectivity index (χ3n) is 2.13. The van der Waals surface area contributed by atoms with Crippen LogP contribution >= 0.6 is 15.9 Å². The van der Waals surface area contributed by atoms with E-state index in [0.717, 1.165) is 6.42 Å². The van der Waals surface area contributed by atoms with E-state index >= 15 is 0 Å². The number of hydrogen-bond donors (Lipinski definition) is 1. The molecule has 15 heavy (non-hydrogen) atoms. The van der Waals surface area contributed by atoms with Crippen LogP contribution in [0.3, 0.4) is 0 Å². The van der Waals surface area contributed by atoms with Crippen molar-refractivity contribution in [3.05, 3.63) is 16.4 Å². The van der Waals surface area contributed by atoms with Crippen LogP contribution < -0.4 is 5.32 Å². The molecule has 0 amide bonds. The van der Waals surface area contributed by atoms with Crippen LogP contribution in [0, 0.1) is 0 Å². The van der Waals surface area contributed by atoms with Crippen LogP contribution in [0.1, 0.15) is 25.1 Å². The Bertz CT molecular complexity index is 314. The largest absolute Gasteiger partial charge is 0.307 e. The molecule has 0 aromatic carbocycles. The summed E-state index contributed by atoms with van der Waals surface area (Å²) in [4.78, 5) is 0. The fraction of sp³-hybridized carbons (Fsp3) is 0.667. The van der Waals surface area contributed by atoms with E-state index < -0.39 is 12.5 Å². The van der Waals surface area contributed by atoms with Crippen LogP contribution in [0.15, 0.2) is 10.7 Å². The first-order valence-electron chi connectivity index (χ1n) is 4.78. The van der Waals surface area contributed by atoms with Gasteiger partial charge in [-0.25, -0.2) is 8.78 Å². The molecule has 0 fully saturated rings. The van der Waals surface area contributed by atoms with Crippen LogP contribution in [-0.2, 0) is 6.54 Å². The average molecular weight is 282 g/mol. The van der Waals surface area contributed by atoms with Gasteiger partial charge in [-0.15, -0.1) is 0 Å². The first-order chi connectivity index (χ1) is 7.11. The van der Waals surface area contributed by atoms with Crippen molar-refractivity contribution in [3.63, 3.8) is 0 Å². The van der Waals surface area contributed by atoms with E-state index in [4.69, 9.17) is 0 Å². The van der Waals surface area contributed by atoms with Crippen LogP contribution in [0.5, 0.6) is 0 Å². The average Bonchev–Trinajstić information content (AvgIpc) is 2.51. The van der Waals surface area contributed by atoms with Crippen molar-refractivity contribution in [2.75, 3.05) is 7.05 Å². The summed E-state index contributed by atoms with van der Waals surface area (Å²) in [7, 11) is 1.52. The molecule has 1 heterocycles. The van der Waals surface area contributed by atoms with E-state index in [9.17, 15) is 8.78 Å². The topological polar surface area (TPSA) is 29.9 Å². The highest BCUT2D eigenvalue weighted by Gasteiger charge is 2.26. The molecular formula is C9H14BrF2N3. The monoisotopic (exact) mass is 281 g/mol. The Morgan fingerprint density at radius 2 is 2.27 bits per heavy atom. The summed E-state index contributed by atoms with van der Waals surface area (Å²) in [6.45, 7) is 2.63. The minimum atomic E-state index is -2.45. The molecule has 1 aromatic rings. The number of halogens is 3. The van der Waals surface area contributed by atoms with Gasteiger partial charge in [-0.05, 0) is 29.4 Å². The van der Waals surface area contributed by atoms with Crippen molar-refractivity contribution in [2.45, 2.75) is 32.4 Å². The lowest BCUT2D eigenvalue weighted by Crippen LogP contribution is -2.27. The molecule has 0 saturated heterocycles. The van der Waals surface area contributed by atoms with E-state index in [1.165, 1.54) is 7.05 Å². The quantitative estimate of drug-likeness (QED) is 0.899. The van der Waals surface area contributed by atoms with Crippen molar-refractivity contribution < 1.29 is 8.78 Å². The van der Waals surface area contributed by atoms with Gasteiger partial charge in [-0.2, -0.15) is 5.10 Å². The summed E-state index contributed by atoms with van der Waals surface area (Å²) < 4.78 is 27.7. The Hall–Kier alpha value is -0.490. The number of nitrogens with zero attached hydrogens (tertiary/aromatic N) is 2. The highest BCUT2D eigenvalue weighted by molar-refractivity contribution is 9.10. The maximum Gasteiger partial charge on any atom is 0.259 e. The molecular weight excluding hydrogens is 268 g/mol. The Balaban J connectivity index is 3.03. The number of aromatic nitrogens is 2. The molecule has 0 aliphatic heterocycles. The zero-order chi connectivity index (χ0) is 11.4. The van der Waals surface area contributed by atoms with Gasteiger partial charge in [0.15, 0.2) is 0 Å². The highest BCUT2D eigenvalue weighted by atomic mass is 79.9. The van der Waals surface area contributed by atoms with Crippen molar-refractivity contribution in [1.29, 1.82) is 0 Å². The lowest BCUT2D eigenvalue weighted by molar-refractivity contribution is 0.0976. The standard InChI is InChI=1S/C9H14BrF2N3/c1-3-4-15-8(6(10)5-14-15)7(13-2)9(11)12/h5,7,9,13H,3-4H2,1-2H3. The van der Waals surface area contributed by atoms with Crippen LogP contribution in [0.2, 0.25) is 0 Å². The second-order valence-corrected chi connectivity index (χ2v) is 4.06. The van der Waals surface area contributed by atoms with Gasteiger partial charge >= 0.3 is 0 Å². The summed E-state index contributed by atoms with van der Waals surface area (Å²) in [5.74, 6) is 0. The summed E-state index contributed by atoms with van der Waals surface area (Å²) >= 11 is 3.24. The van der Waals surface area contributed by atoms with E-state index in [-0.39, 0.29) is 0 Å². The molecule has 1 rings (SSSR count). The predicted octanol–water partition coefficient (Wildman–Crippen LogP) is 2.58. The molecule has 0 aliphatic carbocycles. The maximum absolute atomic E-state index is 12.7. The molecule has 3 nitrogen and oxygen atoms in total. The molecule has 1 N–H and O–H groups in total. The molecule has 0 radical (unpaired) electrons. The van der Waals surface area contributed by atoms with Gasteiger partial charge in [0, 0.05) is 6.54 Å². The molecule has 0 spiro atoms. The van der Waals surface area contributed by atoms with Gasteiger partial charge in [0.05, 0.1) is 16.4 Å². The molecule has 1 aromatic heterocycles. The first-order valence-corrected chi connectivity index (χ1v) is 5.57. The summed E-state index contributed by atoms with van der Waals surface area (Å²) in [5, 5.41) is 6.66. The van der Waals surface area contributed by atoms with Crippen LogP contribution in [0.4, 0.5) is 8.78 Å².